The van der Waals surface area contributed by atoms with Crippen molar-refractivity contribution in [1.82, 2.24) is 15.0 Å². The van der Waals surface area contributed by atoms with Gasteiger partial charge in [-0.2, -0.15) is 0 Å². The molecule has 3 heterocycles. The largest absolute Gasteiger partial charge is 0.508 e. The van der Waals surface area contributed by atoms with Crippen LogP contribution in [0.5, 0.6) is 34.5 Å². The Hall–Kier alpha value is -8.69. The zero-order chi connectivity index (χ0) is 60.8. The number of aromatic nitrogens is 3. The maximum atomic E-state index is 9.30. The lowest BCUT2D eigenvalue weighted by Crippen LogP contribution is -1.97. The number of nitrogens with zero attached hydrogens (tertiary/aromatic N) is 3. The van der Waals surface area contributed by atoms with Crippen molar-refractivity contribution in [3.8, 4) is 34.5 Å². The maximum Gasteiger partial charge on any atom is 0.119 e. The van der Waals surface area contributed by atoms with Gasteiger partial charge in [0.1, 0.15) is 34.5 Å². The van der Waals surface area contributed by atoms with Gasteiger partial charge in [-0.3, -0.25) is 15.0 Å². The molecular formula is C77H93N3O6. The third-order valence-electron chi connectivity index (χ3n) is 13.7. The molecule has 0 saturated carbocycles. The fourth-order valence-electron chi connectivity index (χ4n) is 8.74. The predicted molar refractivity (Wildman–Crippen MR) is 362 cm³/mol. The molecule has 3 aromatic heterocycles. The molecule has 9 nitrogen and oxygen atoms in total. The summed E-state index contributed by atoms with van der Waals surface area (Å²) in [6, 6.07) is 47.9. The van der Waals surface area contributed by atoms with Crippen molar-refractivity contribution in [3.63, 3.8) is 0 Å². The van der Waals surface area contributed by atoms with Gasteiger partial charge in [0.25, 0.3) is 0 Å². The second kappa shape index (κ2) is 43.9. The summed E-state index contributed by atoms with van der Waals surface area (Å²) >= 11 is 0. The van der Waals surface area contributed by atoms with Crippen LogP contribution in [-0.2, 0) is 0 Å². The van der Waals surface area contributed by atoms with Gasteiger partial charge in [0, 0.05) is 43.2 Å². The Morgan fingerprint density at radius 2 is 0.488 bits per heavy atom. The van der Waals surface area contributed by atoms with Crippen molar-refractivity contribution in [2.75, 3.05) is 19.8 Å². The van der Waals surface area contributed by atoms with Crippen LogP contribution in [0.2, 0.25) is 0 Å². The van der Waals surface area contributed by atoms with Crippen molar-refractivity contribution in [3.05, 3.63) is 233 Å². The average molecular weight is 1160 g/mol. The molecule has 0 amide bonds. The summed E-state index contributed by atoms with van der Waals surface area (Å²) in [6.45, 7) is 9.20. The first-order valence-corrected chi connectivity index (χ1v) is 31.2. The van der Waals surface area contributed by atoms with E-state index in [-0.39, 0.29) is 17.2 Å². The summed E-state index contributed by atoms with van der Waals surface area (Å²) in [5.74, 6) is 3.14. The predicted octanol–water partition coefficient (Wildman–Crippen LogP) is 20.9. The minimum Gasteiger partial charge on any atom is -0.508 e. The van der Waals surface area contributed by atoms with Crippen LogP contribution in [0.3, 0.4) is 0 Å². The third kappa shape index (κ3) is 31.8. The number of aromatic hydroxyl groups is 3. The highest BCUT2D eigenvalue weighted by Crippen LogP contribution is 2.23. The first kappa shape index (κ1) is 68.1. The number of pyridine rings is 3. The van der Waals surface area contributed by atoms with Crippen molar-refractivity contribution < 1.29 is 29.5 Å². The molecular weight excluding hydrogens is 1060 g/mol. The lowest BCUT2D eigenvalue weighted by Gasteiger charge is -2.06. The van der Waals surface area contributed by atoms with Gasteiger partial charge >= 0.3 is 0 Å². The highest BCUT2D eigenvalue weighted by Gasteiger charge is 2.00. The number of phenols is 3. The Bertz CT molecular complexity index is 2800. The van der Waals surface area contributed by atoms with E-state index in [0.29, 0.717) is 5.56 Å². The van der Waals surface area contributed by atoms with E-state index in [0.717, 1.165) is 78.6 Å². The summed E-state index contributed by atoms with van der Waals surface area (Å²) in [6.07, 6.45) is 50.3. The van der Waals surface area contributed by atoms with E-state index < -0.39 is 0 Å². The molecule has 86 heavy (non-hydrogen) atoms. The van der Waals surface area contributed by atoms with Crippen LogP contribution in [0.15, 0.2) is 189 Å². The summed E-state index contributed by atoms with van der Waals surface area (Å²) in [4.78, 5) is 12.1. The van der Waals surface area contributed by atoms with Crippen molar-refractivity contribution in [2.45, 2.75) is 136 Å². The van der Waals surface area contributed by atoms with Crippen molar-refractivity contribution in [2.24, 2.45) is 0 Å². The van der Waals surface area contributed by atoms with Crippen LogP contribution in [0.25, 0.3) is 48.6 Å². The van der Waals surface area contributed by atoms with Crippen LogP contribution in [-0.4, -0.2) is 50.1 Å². The highest BCUT2D eigenvalue weighted by atomic mass is 16.5. The maximum absolute atomic E-state index is 9.30. The first-order chi connectivity index (χ1) is 42.3. The molecule has 0 fully saturated rings. The molecule has 0 aliphatic rings. The number of rotatable bonds is 32. The molecule has 0 spiro atoms. The quantitative estimate of drug-likeness (QED) is 0.0279. The summed E-state index contributed by atoms with van der Waals surface area (Å²) in [5.41, 5.74) is 8.62. The molecule has 0 bridgehead atoms. The van der Waals surface area contributed by atoms with Crippen molar-refractivity contribution in [1.29, 1.82) is 0 Å². The summed E-state index contributed by atoms with van der Waals surface area (Å²) in [7, 11) is 0. The van der Waals surface area contributed by atoms with Gasteiger partial charge in [0.2, 0.25) is 0 Å². The molecule has 9 heteroatoms. The van der Waals surface area contributed by atoms with Gasteiger partial charge in [-0.1, -0.05) is 214 Å². The van der Waals surface area contributed by atoms with E-state index in [2.05, 4.69) is 109 Å². The zero-order valence-electron chi connectivity index (χ0n) is 51.3. The van der Waals surface area contributed by atoms with Crippen molar-refractivity contribution >= 4 is 48.6 Å². The number of benzene rings is 5. The highest BCUT2D eigenvalue weighted by molar-refractivity contribution is 5.72. The smallest absolute Gasteiger partial charge is 0.119 e. The Balaban J connectivity index is 0.000000211. The first-order valence-electron chi connectivity index (χ1n) is 31.2. The SMILES string of the molecule is CCCCCCCCOc1ccc(/C=C/c2ccncc2)cc1.CCCCCCCCOc1ccc(/C=C/c2ccncc2)cc1.CCCCCCCCOc1ccc(/C=C/c2ccncc2)cc1.Oc1ccc(/C=C/c2cc(O)cc(O)c2)cc1. The Morgan fingerprint density at radius 3 is 0.767 bits per heavy atom. The molecule has 0 saturated heterocycles. The van der Waals surface area contributed by atoms with Gasteiger partial charge in [0.15, 0.2) is 0 Å². The monoisotopic (exact) mass is 1160 g/mol. The van der Waals surface area contributed by atoms with Gasteiger partial charge in [0.05, 0.1) is 19.8 Å². The van der Waals surface area contributed by atoms with Crippen LogP contribution < -0.4 is 14.2 Å². The topological polar surface area (TPSA) is 127 Å². The third-order valence-corrected chi connectivity index (χ3v) is 13.7. The molecule has 8 rings (SSSR count). The van der Waals surface area contributed by atoms with Gasteiger partial charge < -0.3 is 29.5 Å². The molecule has 0 radical (unpaired) electrons. The van der Waals surface area contributed by atoms with Gasteiger partial charge in [-0.05, 0) is 161 Å². The number of hydrogen-bond donors (Lipinski definition) is 3. The van der Waals surface area contributed by atoms with E-state index in [1.54, 1.807) is 79.7 Å². The number of unbranched alkanes of at least 4 members (excludes halogenated alkanes) is 15. The second-order valence-electron chi connectivity index (χ2n) is 21.1. The standard InChI is InChI=1S/3C21H27NO.C14H12O3/c3*1-2-3-4-5-6-7-18-23-21-12-10-19(11-13-21)8-9-20-14-16-22-17-15-20;15-12-5-3-10(4-6-12)1-2-11-7-13(16)9-14(17)8-11/h3*8-17H,2-7,18H2,1H3;1-9,15-17H/b3*9-8+;2-1+. The molecule has 0 aliphatic carbocycles. The Kier molecular flexibility index (Phi) is 34.7. The summed E-state index contributed by atoms with van der Waals surface area (Å²) < 4.78 is 17.4. The zero-order valence-corrected chi connectivity index (χ0v) is 51.3. The Labute approximate surface area is 514 Å². The normalized spacial score (nSPS) is 11.0. The lowest BCUT2D eigenvalue weighted by molar-refractivity contribution is 0.304. The van der Waals surface area contributed by atoms with E-state index in [1.807, 2.05) is 78.9 Å². The van der Waals surface area contributed by atoms with Crippen LogP contribution >= 0.6 is 0 Å². The Morgan fingerprint density at radius 1 is 0.256 bits per heavy atom. The summed E-state index contributed by atoms with van der Waals surface area (Å²) in [5, 5.41) is 27.7. The molecule has 452 valence electrons. The van der Waals surface area contributed by atoms with E-state index in [9.17, 15) is 10.2 Å². The average Bonchev–Trinajstić information content (AvgIpc) is 3.59. The van der Waals surface area contributed by atoms with E-state index >= 15 is 0 Å². The van der Waals surface area contributed by atoms with Crippen LogP contribution in [0, 0.1) is 0 Å². The molecule has 5 aromatic carbocycles. The molecule has 8 aromatic rings. The van der Waals surface area contributed by atoms with Crippen LogP contribution in [0.4, 0.5) is 0 Å². The minimum absolute atomic E-state index is 0.0235. The van der Waals surface area contributed by atoms with Gasteiger partial charge in [-0.15, -0.1) is 0 Å². The lowest BCUT2D eigenvalue weighted by atomic mass is 10.1. The molecule has 0 atom stereocenters. The second-order valence-corrected chi connectivity index (χ2v) is 21.1. The van der Waals surface area contributed by atoms with Crippen LogP contribution in [0.1, 0.15) is 181 Å². The fraction of sp³-hybridized carbons (Fsp3) is 0.312. The minimum atomic E-state index is 0.0235. The van der Waals surface area contributed by atoms with E-state index in [1.165, 1.54) is 119 Å². The number of phenolic OH excluding ortho intramolecular Hbond substituents is 3. The van der Waals surface area contributed by atoms with E-state index in [4.69, 9.17) is 19.3 Å². The number of ether oxygens (including phenoxy) is 3. The molecule has 3 N–H and O–H groups in total. The molecule has 0 unspecified atom stereocenters. The number of hydrogen-bond acceptors (Lipinski definition) is 9. The molecule has 0 aliphatic heterocycles. The van der Waals surface area contributed by atoms with Gasteiger partial charge in [-0.25, -0.2) is 0 Å². The fourth-order valence-corrected chi connectivity index (χ4v) is 8.74.